The van der Waals surface area contributed by atoms with Gasteiger partial charge in [0, 0.05) is 19.4 Å². The molecular weight excluding hydrogens is 393 g/mol. The number of rotatable bonds is 6. The molecule has 0 saturated heterocycles. The van der Waals surface area contributed by atoms with Gasteiger partial charge in [-0.05, 0) is 35.9 Å². The second-order valence-corrected chi connectivity index (χ2v) is 7.92. The first-order valence-corrected chi connectivity index (χ1v) is 9.76. The van der Waals surface area contributed by atoms with Crippen LogP contribution in [0.2, 0.25) is 5.02 Å². The summed E-state index contributed by atoms with van der Waals surface area (Å²) in [6.07, 6.45) is 3.29. The van der Waals surface area contributed by atoms with Crippen LogP contribution in [0.15, 0.2) is 59.8 Å². The van der Waals surface area contributed by atoms with E-state index in [1.807, 2.05) is 0 Å². The van der Waals surface area contributed by atoms with E-state index >= 15 is 0 Å². The van der Waals surface area contributed by atoms with Crippen LogP contribution in [-0.4, -0.2) is 25.1 Å². The van der Waals surface area contributed by atoms with E-state index in [4.69, 9.17) is 16.3 Å². The highest BCUT2D eigenvalue weighted by molar-refractivity contribution is 7.89. The molecule has 0 radical (unpaired) electrons. The highest BCUT2D eigenvalue weighted by Gasteiger charge is 2.26. The van der Waals surface area contributed by atoms with Gasteiger partial charge >= 0.3 is 0 Å². The molecule has 1 aromatic heterocycles. The molecule has 27 heavy (non-hydrogen) atoms. The topological polar surface area (TPSA) is 73.2 Å². The van der Waals surface area contributed by atoms with E-state index in [-0.39, 0.29) is 9.92 Å². The second kappa shape index (κ2) is 7.67. The van der Waals surface area contributed by atoms with Crippen LogP contribution in [-0.2, 0) is 17.1 Å². The number of halogens is 2. The summed E-state index contributed by atoms with van der Waals surface area (Å²) in [4.78, 5) is 4.12. The Morgan fingerprint density at radius 1 is 1.26 bits per heavy atom. The molecule has 0 amide bonds. The molecule has 0 aliphatic rings. The van der Waals surface area contributed by atoms with E-state index in [1.54, 1.807) is 48.3 Å². The number of imidazole rings is 1. The Hall–Kier alpha value is -2.42. The largest absolute Gasteiger partial charge is 0.497 e. The maximum Gasteiger partial charge on any atom is 0.241 e. The predicted octanol–water partition coefficient (Wildman–Crippen LogP) is 3.29. The van der Waals surface area contributed by atoms with Gasteiger partial charge in [-0.1, -0.05) is 23.7 Å². The summed E-state index contributed by atoms with van der Waals surface area (Å²) in [5.74, 6) is 0.375. The van der Waals surface area contributed by atoms with Crippen molar-refractivity contribution >= 4 is 21.6 Å². The van der Waals surface area contributed by atoms with E-state index < -0.39 is 21.9 Å². The van der Waals surface area contributed by atoms with E-state index in [1.165, 1.54) is 7.11 Å². The minimum atomic E-state index is -4.00. The molecule has 0 aliphatic heterocycles. The molecule has 1 atom stereocenters. The first-order chi connectivity index (χ1) is 12.8. The maximum absolute atomic E-state index is 13.4. The maximum atomic E-state index is 13.4. The number of aromatic nitrogens is 2. The monoisotopic (exact) mass is 409 g/mol. The van der Waals surface area contributed by atoms with Crippen LogP contribution in [0.1, 0.15) is 17.4 Å². The van der Waals surface area contributed by atoms with Crippen LogP contribution in [0.25, 0.3) is 0 Å². The molecule has 1 N–H and O–H groups in total. The van der Waals surface area contributed by atoms with Crippen molar-refractivity contribution in [3.05, 3.63) is 77.1 Å². The molecule has 0 aliphatic carbocycles. The Balaban J connectivity index is 2.05. The fraction of sp³-hybridized carbons (Fsp3) is 0.167. The summed E-state index contributed by atoms with van der Waals surface area (Å²) in [5, 5.41) is -0.271. The third kappa shape index (κ3) is 4.13. The molecule has 3 rings (SSSR count). The van der Waals surface area contributed by atoms with Crippen molar-refractivity contribution in [3.63, 3.8) is 0 Å². The van der Waals surface area contributed by atoms with E-state index in [0.29, 0.717) is 17.1 Å². The van der Waals surface area contributed by atoms with Crippen molar-refractivity contribution in [2.75, 3.05) is 7.11 Å². The van der Waals surface area contributed by atoms with Gasteiger partial charge < -0.3 is 9.30 Å². The third-order valence-corrected chi connectivity index (χ3v) is 5.73. The summed E-state index contributed by atoms with van der Waals surface area (Å²) < 4.78 is 48.7. The van der Waals surface area contributed by atoms with Gasteiger partial charge in [-0.25, -0.2) is 17.8 Å². The van der Waals surface area contributed by atoms with Crippen molar-refractivity contribution < 1.29 is 17.5 Å². The van der Waals surface area contributed by atoms with Crippen LogP contribution in [0, 0.1) is 5.82 Å². The van der Waals surface area contributed by atoms with Gasteiger partial charge in [0.25, 0.3) is 0 Å². The SMILES string of the molecule is COc1cccc(C(NS(=O)(=O)c2ccc(F)c(Cl)c2)c2nccn2C)c1. The number of ether oxygens (including phenoxy) is 1. The Kier molecular flexibility index (Phi) is 5.50. The minimum Gasteiger partial charge on any atom is -0.497 e. The number of hydrogen-bond acceptors (Lipinski definition) is 4. The summed E-state index contributed by atoms with van der Waals surface area (Å²) in [7, 11) is -0.715. The molecule has 3 aromatic rings. The summed E-state index contributed by atoms with van der Waals surface area (Å²) in [6, 6.07) is 9.46. The molecular formula is C18H17ClFN3O3S. The zero-order valence-electron chi connectivity index (χ0n) is 14.6. The Morgan fingerprint density at radius 3 is 2.67 bits per heavy atom. The fourth-order valence-electron chi connectivity index (χ4n) is 2.61. The van der Waals surface area contributed by atoms with Gasteiger partial charge in [0.1, 0.15) is 23.4 Å². The average molecular weight is 410 g/mol. The van der Waals surface area contributed by atoms with Gasteiger partial charge in [-0.15, -0.1) is 0 Å². The highest BCUT2D eigenvalue weighted by Crippen LogP contribution is 2.27. The fourth-order valence-corrected chi connectivity index (χ4v) is 4.07. The van der Waals surface area contributed by atoms with Crippen molar-refractivity contribution in [2.24, 2.45) is 7.05 Å². The van der Waals surface area contributed by atoms with Crippen molar-refractivity contribution in [2.45, 2.75) is 10.9 Å². The van der Waals surface area contributed by atoms with Crippen LogP contribution in [0.4, 0.5) is 4.39 Å². The Morgan fingerprint density at radius 2 is 2.04 bits per heavy atom. The van der Waals surface area contributed by atoms with Crippen LogP contribution in [0.5, 0.6) is 5.75 Å². The molecule has 0 bridgehead atoms. The average Bonchev–Trinajstić information content (AvgIpc) is 3.07. The lowest BCUT2D eigenvalue weighted by Gasteiger charge is -2.20. The van der Waals surface area contributed by atoms with E-state index in [2.05, 4.69) is 9.71 Å². The van der Waals surface area contributed by atoms with Crippen molar-refractivity contribution in [3.8, 4) is 5.75 Å². The van der Waals surface area contributed by atoms with Crippen LogP contribution in [0.3, 0.4) is 0 Å². The zero-order chi connectivity index (χ0) is 19.6. The Labute approximate surface area is 161 Å². The van der Waals surface area contributed by atoms with Gasteiger partial charge in [-0.3, -0.25) is 0 Å². The molecule has 2 aromatic carbocycles. The first kappa shape index (κ1) is 19.3. The van der Waals surface area contributed by atoms with Crippen molar-refractivity contribution in [1.82, 2.24) is 14.3 Å². The number of benzene rings is 2. The lowest BCUT2D eigenvalue weighted by atomic mass is 10.1. The zero-order valence-corrected chi connectivity index (χ0v) is 16.1. The molecule has 142 valence electrons. The standard InChI is InChI=1S/C18H17ClFN3O3S/c1-23-9-8-21-18(23)17(12-4-3-5-13(10-12)26-2)22-27(24,25)14-6-7-16(20)15(19)11-14/h3-11,17,22H,1-2H3. The molecule has 9 heteroatoms. The summed E-state index contributed by atoms with van der Waals surface area (Å²) in [5.41, 5.74) is 0.639. The summed E-state index contributed by atoms with van der Waals surface area (Å²) >= 11 is 5.74. The number of methoxy groups -OCH3 is 1. The lowest BCUT2D eigenvalue weighted by Crippen LogP contribution is -2.31. The predicted molar refractivity (Wildman–Crippen MR) is 99.8 cm³/mol. The first-order valence-electron chi connectivity index (χ1n) is 7.90. The normalized spacial score (nSPS) is 12.7. The van der Waals surface area contributed by atoms with Gasteiger partial charge in [0.15, 0.2) is 0 Å². The van der Waals surface area contributed by atoms with Crippen LogP contribution >= 0.6 is 11.6 Å². The highest BCUT2D eigenvalue weighted by atomic mass is 35.5. The minimum absolute atomic E-state index is 0.143. The number of nitrogens with zero attached hydrogens (tertiary/aromatic N) is 2. The van der Waals surface area contributed by atoms with Crippen molar-refractivity contribution in [1.29, 1.82) is 0 Å². The molecule has 1 heterocycles. The smallest absolute Gasteiger partial charge is 0.241 e. The lowest BCUT2D eigenvalue weighted by molar-refractivity contribution is 0.413. The summed E-state index contributed by atoms with van der Waals surface area (Å²) in [6.45, 7) is 0. The second-order valence-electron chi connectivity index (χ2n) is 5.80. The van der Waals surface area contributed by atoms with E-state index in [0.717, 1.165) is 18.2 Å². The number of hydrogen-bond donors (Lipinski definition) is 1. The molecule has 6 nitrogen and oxygen atoms in total. The molecule has 0 saturated carbocycles. The number of sulfonamides is 1. The molecule has 1 unspecified atom stereocenters. The van der Waals surface area contributed by atoms with Gasteiger partial charge in [0.05, 0.1) is 17.0 Å². The van der Waals surface area contributed by atoms with Gasteiger partial charge in [-0.2, -0.15) is 4.72 Å². The third-order valence-electron chi connectivity index (χ3n) is 4.02. The Bertz CT molecular complexity index is 1070. The van der Waals surface area contributed by atoms with Crippen LogP contribution < -0.4 is 9.46 Å². The number of nitrogens with one attached hydrogen (secondary N) is 1. The quantitative estimate of drug-likeness (QED) is 0.678. The van der Waals surface area contributed by atoms with Gasteiger partial charge in [0.2, 0.25) is 10.0 Å². The van der Waals surface area contributed by atoms with E-state index in [9.17, 15) is 12.8 Å². The molecule has 0 spiro atoms. The molecule has 0 fully saturated rings. The number of aryl methyl sites for hydroxylation is 1.